The van der Waals surface area contributed by atoms with Crippen molar-refractivity contribution in [3.63, 3.8) is 0 Å². The third-order valence-electron chi connectivity index (χ3n) is 4.08. The number of hydrogen-bond donors (Lipinski definition) is 3. The number of nitrogens with one attached hydrogen (secondary N) is 3. The lowest BCUT2D eigenvalue weighted by Crippen LogP contribution is -2.54. The number of carbonyl (C=O) groups is 5. The molecule has 0 bridgehead atoms. The van der Waals surface area contributed by atoms with Crippen molar-refractivity contribution >= 4 is 51.4 Å². The average Bonchev–Trinajstić information content (AvgIpc) is 2.69. The van der Waals surface area contributed by atoms with Gasteiger partial charge in [0.05, 0.1) is 19.0 Å². The number of ether oxygens (including phenoxy) is 3. The van der Waals surface area contributed by atoms with E-state index in [1.807, 2.05) is 20.8 Å². The first-order valence-corrected chi connectivity index (χ1v) is 15.5. The first-order chi connectivity index (χ1) is 17.9. The maximum absolute atomic E-state index is 13.0. The van der Waals surface area contributed by atoms with Crippen LogP contribution in [0.1, 0.15) is 95.9 Å². The molecule has 3 amide bonds. The Morgan fingerprint density at radius 1 is 0.675 bits per heavy atom. The zero-order valence-corrected chi connectivity index (χ0v) is 27.7. The monoisotopic (exact) mass is 607 g/mol. The van der Waals surface area contributed by atoms with Gasteiger partial charge in [-0.05, 0) is 62.3 Å². The highest BCUT2D eigenvalue weighted by Gasteiger charge is 2.30. The van der Waals surface area contributed by atoms with Gasteiger partial charge in [0.1, 0.15) is 22.8 Å². The average molecular weight is 608 g/mol. The van der Waals surface area contributed by atoms with Crippen LogP contribution in [0.4, 0.5) is 9.59 Å². The molecule has 0 aliphatic heterocycles. The van der Waals surface area contributed by atoms with Crippen LogP contribution in [0.15, 0.2) is 0 Å². The van der Waals surface area contributed by atoms with Crippen molar-refractivity contribution in [1.82, 2.24) is 16.0 Å². The number of carbonyl (C=O) groups excluding carboxylic acids is 5. The third kappa shape index (κ3) is 20.7. The summed E-state index contributed by atoms with van der Waals surface area (Å²) in [5.41, 5.74) is -2.31. The molecule has 0 aromatic heterocycles. The van der Waals surface area contributed by atoms with Crippen LogP contribution in [0.25, 0.3) is 0 Å². The molecule has 0 rings (SSSR count). The highest BCUT2D eigenvalue weighted by molar-refractivity contribution is 8.77. The maximum Gasteiger partial charge on any atom is 0.408 e. The number of rotatable bonds is 12. The smallest absolute Gasteiger partial charge is 0.408 e. The van der Waals surface area contributed by atoms with E-state index >= 15 is 0 Å². The van der Waals surface area contributed by atoms with Crippen molar-refractivity contribution in [3.05, 3.63) is 0 Å². The molecule has 0 aliphatic carbocycles. The SMILES string of the molecule is CC(C)(C)OC(=O)CCC(=O)[C@H](CSSC(C)(C)C)NC(=O)NC[C@H](NC(=O)OC(C)(C)C)C(=O)OC(C)(C)C. The predicted octanol–water partition coefficient (Wildman–Crippen LogP) is 4.76. The summed E-state index contributed by atoms with van der Waals surface area (Å²) < 4.78 is 15.8. The van der Waals surface area contributed by atoms with Gasteiger partial charge in [0, 0.05) is 16.9 Å². The lowest BCUT2D eigenvalue weighted by Gasteiger charge is -2.26. The summed E-state index contributed by atoms with van der Waals surface area (Å²) in [5, 5.41) is 7.58. The molecule has 0 unspecified atom stereocenters. The van der Waals surface area contributed by atoms with E-state index < -0.39 is 52.9 Å². The molecule has 0 aromatic rings. The molecule has 0 aliphatic rings. The number of hydrogen-bond acceptors (Lipinski definition) is 10. The number of Topliss-reactive ketones (excluding diaryl/α,β-unsaturated/α-hetero) is 1. The van der Waals surface area contributed by atoms with Crippen LogP contribution in [-0.2, 0) is 28.6 Å². The van der Waals surface area contributed by atoms with E-state index in [-0.39, 0.29) is 35.7 Å². The van der Waals surface area contributed by atoms with E-state index in [4.69, 9.17) is 14.2 Å². The fourth-order valence-corrected chi connectivity index (χ4v) is 5.21. The summed E-state index contributed by atoms with van der Waals surface area (Å²) in [4.78, 5) is 62.9. The Balaban J connectivity index is 5.42. The topological polar surface area (TPSA) is 149 Å². The lowest BCUT2D eigenvalue weighted by molar-refractivity contribution is -0.157. The number of alkyl carbamates (subject to hydrolysis) is 1. The molecule has 13 heteroatoms. The van der Waals surface area contributed by atoms with Crippen LogP contribution in [0.2, 0.25) is 0 Å². The van der Waals surface area contributed by atoms with Crippen molar-refractivity contribution in [3.8, 4) is 0 Å². The molecule has 0 saturated heterocycles. The molecule has 0 aromatic carbocycles. The molecule has 0 spiro atoms. The highest BCUT2D eigenvalue weighted by Crippen LogP contribution is 2.35. The van der Waals surface area contributed by atoms with Gasteiger partial charge < -0.3 is 30.2 Å². The number of amides is 3. The Labute approximate surface area is 247 Å². The second kappa shape index (κ2) is 15.7. The van der Waals surface area contributed by atoms with Gasteiger partial charge in [-0.2, -0.15) is 0 Å². The minimum atomic E-state index is -1.24. The van der Waals surface area contributed by atoms with Gasteiger partial charge in [0.15, 0.2) is 5.78 Å². The van der Waals surface area contributed by atoms with E-state index in [0.717, 1.165) is 0 Å². The first-order valence-electron chi connectivity index (χ1n) is 13.2. The van der Waals surface area contributed by atoms with Gasteiger partial charge in [-0.1, -0.05) is 42.4 Å². The molecule has 232 valence electrons. The Bertz CT molecular complexity index is 884. The highest BCUT2D eigenvalue weighted by atomic mass is 33.1. The van der Waals surface area contributed by atoms with Crippen LogP contribution in [0, 0.1) is 0 Å². The van der Waals surface area contributed by atoms with Crippen molar-refractivity contribution in [2.24, 2.45) is 0 Å². The molecule has 0 heterocycles. The van der Waals surface area contributed by atoms with Crippen molar-refractivity contribution < 1.29 is 38.2 Å². The first kappa shape index (κ1) is 37.9. The van der Waals surface area contributed by atoms with Gasteiger partial charge >= 0.3 is 24.1 Å². The van der Waals surface area contributed by atoms with E-state index in [1.165, 1.54) is 10.8 Å². The van der Waals surface area contributed by atoms with Crippen LogP contribution in [0.3, 0.4) is 0 Å². The third-order valence-corrected chi connectivity index (χ3v) is 7.43. The zero-order chi connectivity index (χ0) is 31.5. The molecule has 0 radical (unpaired) electrons. The molecule has 40 heavy (non-hydrogen) atoms. The normalized spacial score (nSPS) is 13.9. The second-order valence-corrected chi connectivity index (χ2v) is 16.3. The Hall–Kier alpha value is -2.15. The van der Waals surface area contributed by atoms with Gasteiger partial charge in [-0.3, -0.25) is 9.59 Å². The van der Waals surface area contributed by atoms with Gasteiger partial charge in [-0.25, -0.2) is 14.4 Å². The summed E-state index contributed by atoms with van der Waals surface area (Å²) in [6, 6.07) is -2.87. The van der Waals surface area contributed by atoms with Crippen molar-refractivity contribution in [2.45, 2.75) is 130 Å². The van der Waals surface area contributed by atoms with Crippen molar-refractivity contribution in [2.75, 3.05) is 12.3 Å². The van der Waals surface area contributed by atoms with Crippen LogP contribution < -0.4 is 16.0 Å². The summed E-state index contributed by atoms with van der Waals surface area (Å²) in [6.45, 7) is 21.0. The number of ketones is 1. The quantitative estimate of drug-likeness (QED) is 0.161. The fourth-order valence-electron chi connectivity index (χ4n) is 2.71. The summed E-state index contributed by atoms with van der Waals surface area (Å²) >= 11 is 0. The van der Waals surface area contributed by atoms with E-state index in [1.54, 1.807) is 73.1 Å². The maximum atomic E-state index is 13.0. The van der Waals surface area contributed by atoms with E-state index in [0.29, 0.717) is 0 Å². The van der Waals surface area contributed by atoms with Crippen LogP contribution >= 0.6 is 21.6 Å². The minimum Gasteiger partial charge on any atom is -0.460 e. The van der Waals surface area contributed by atoms with E-state index in [9.17, 15) is 24.0 Å². The molecule has 0 fully saturated rings. The Morgan fingerprint density at radius 2 is 1.20 bits per heavy atom. The predicted molar refractivity (Wildman–Crippen MR) is 159 cm³/mol. The Kier molecular flexibility index (Phi) is 14.9. The minimum absolute atomic E-state index is 0.0784. The fraction of sp³-hybridized carbons (Fsp3) is 0.815. The van der Waals surface area contributed by atoms with Crippen LogP contribution in [0.5, 0.6) is 0 Å². The van der Waals surface area contributed by atoms with Gasteiger partial charge in [0.2, 0.25) is 0 Å². The lowest BCUT2D eigenvalue weighted by atomic mass is 10.1. The number of urea groups is 1. The standard InChI is InChI=1S/C27H49N3O8S2/c1-24(2,3)36-20(32)14-13-19(31)18(16-39-40-27(10,11)12)29-22(34)28-15-17(21(33)37-25(4,5)6)30-23(35)38-26(7,8)9/h17-18H,13-16H2,1-12H3,(H,30,35)(H2,28,29,34)/t17-,18-/m0/s1. The summed E-state index contributed by atoms with van der Waals surface area (Å²) in [5.74, 6) is -1.35. The van der Waals surface area contributed by atoms with E-state index in [2.05, 4.69) is 16.0 Å². The second-order valence-electron chi connectivity index (χ2n) is 13.2. The van der Waals surface area contributed by atoms with Gasteiger partial charge in [-0.15, -0.1) is 0 Å². The number of esters is 2. The van der Waals surface area contributed by atoms with Crippen molar-refractivity contribution in [1.29, 1.82) is 0 Å². The Morgan fingerprint density at radius 3 is 1.68 bits per heavy atom. The van der Waals surface area contributed by atoms with Gasteiger partial charge in [0.25, 0.3) is 0 Å². The molecule has 0 saturated carbocycles. The molecule has 2 atom stereocenters. The molecule has 11 nitrogen and oxygen atoms in total. The largest absolute Gasteiger partial charge is 0.460 e. The zero-order valence-electron chi connectivity index (χ0n) is 26.1. The molecular weight excluding hydrogens is 558 g/mol. The summed E-state index contributed by atoms with van der Waals surface area (Å²) in [7, 11) is 2.98. The van der Waals surface area contributed by atoms with Crippen LogP contribution in [-0.4, -0.2) is 75.8 Å². The summed E-state index contributed by atoms with van der Waals surface area (Å²) in [6.07, 6.45) is -1.08. The molecule has 3 N–H and O–H groups in total. The molecular formula is C27H49N3O8S2.